The lowest BCUT2D eigenvalue weighted by molar-refractivity contribution is 0.0188. The molecule has 0 atom stereocenters. The highest BCUT2D eigenvalue weighted by Gasteiger charge is 2.16. The van der Waals surface area contributed by atoms with Gasteiger partial charge in [-0.1, -0.05) is 0 Å². The summed E-state index contributed by atoms with van der Waals surface area (Å²) in [6.45, 7) is -0.594. The number of nitrogen functional groups attached to an aromatic ring is 1. The minimum absolute atomic E-state index is 0.0183. The van der Waals surface area contributed by atoms with E-state index >= 15 is 0 Å². The van der Waals surface area contributed by atoms with Crippen molar-refractivity contribution in [2.24, 2.45) is 0 Å². The van der Waals surface area contributed by atoms with Gasteiger partial charge in [-0.2, -0.15) is 0 Å². The van der Waals surface area contributed by atoms with E-state index in [1.807, 2.05) is 0 Å². The molecule has 2 aromatic rings. The van der Waals surface area contributed by atoms with Gasteiger partial charge in [0.25, 0.3) is 12.3 Å². The molecule has 1 amide bonds. The Morgan fingerprint density at radius 2 is 2.19 bits per heavy atom. The van der Waals surface area contributed by atoms with Crippen LogP contribution in [0.3, 0.4) is 0 Å². The Hall–Kier alpha value is -1.80. The highest BCUT2D eigenvalue weighted by atomic mass is 32.1. The van der Waals surface area contributed by atoms with E-state index in [4.69, 9.17) is 5.73 Å². The minimum atomic E-state index is -2.53. The van der Waals surface area contributed by atoms with Crippen LogP contribution in [0.15, 0.2) is 18.2 Å². The highest BCUT2D eigenvalue weighted by molar-refractivity contribution is 7.21. The Morgan fingerprint density at radius 1 is 1.43 bits per heavy atom. The number of benzene rings is 1. The van der Waals surface area contributed by atoms with Crippen LogP contribution in [-0.4, -0.2) is 32.1 Å². The van der Waals surface area contributed by atoms with Crippen LogP contribution < -0.4 is 11.1 Å². The summed E-state index contributed by atoms with van der Waals surface area (Å²) < 4.78 is 42.2. The Kier molecular flexibility index (Phi) is 5.03. The monoisotopic (exact) mass is 318 g/mol. The molecule has 0 fully saturated rings. The van der Waals surface area contributed by atoms with Crippen molar-refractivity contribution in [1.29, 1.82) is 0 Å². The van der Waals surface area contributed by atoms with Crippen LogP contribution in [0.1, 0.15) is 9.67 Å². The fraction of sp³-hybridized carbons (Fsp3) is 0.308. The van der Waals surface area contributed by atoms with Crippen LogP contribution in [0.5, 0.6) is 0 Å². The van der Waals surface area contributed by atoms with Gasteiger partial charge in [0.05, 0.1) is 12.3 Å². The van der Waals surface area contributed by atoms with Crippen LogP contribution in [-0.2, 0) is 4.74 Å². The molecule has 4 nitrogen and oxygen atoms in total. The third-order valence-corrected chi connectivity index (χ3v) is 3.86. The Labute approximate surface area is 122 Å². The van der Waals surface area contributed by atoms with E-state index in [-0.39, 0.29) is 23.7 Å². The van der Waals surface area contributed by atoms with Gasteiger partial charge in [0, 0.05) is 16.6 Å². The maximum Gasteiger partial charge on any atom is 0.263 e. The van der Waals surface area contributed by atoms with E-state index in [2.05, 4.69) is 10.1 Å². The highest BCUT2D eigenvalue weighted by Crippen LogP contribution is 2.33. The fourth-order valence-corrected chi connectivity index (χ4v) is 2.77. The first kappa shape index (κ1) is 15.6. The fourth-order valence-electron chi connectivity index (χ4n) is 1.75. The van der Waals surface area contributed by atoms with E-state index < -0.39 is 24.8 Å². The molecule has 0 spiro atoms. The Morgan fingerprint density at radius 3 is 2.90 bits per heavy atom. The van der Waals surface area contributed by atoms with Gasteiger partial charge < -0.3 is 15.8 Å². The van der Waals surface area contributed by atoms with Gasteiger partial charge in [0.15, 0.2) is 0 Å². The first-order valence-electron chi connectivity index (χ1n) is 6.10. The molecule has 0 aliphatic rings. The molecule has 3 N–H and O–H groups in total. The molecule has 0 radical (unpaired) electrons. The maximum atomic E-state index is 13.2. The largest absolute Gasteiger partial charge is 0.397 e. The van der Waals surface area contributed by atoms with Crippen molar-refractivity contribution < 1.29 is 22.7 Å². The Balaban J connectivity index is 1.98. The van der Waals surface area contributed by atoms with E-state index in [1.165, 1.54) is 12.1 Å². The lowest BCUT2D eigenvalue weighted by Crippen LogP contribution is -2.27. The quantitative estimate of drug-likeness (QED) is 0.805. The van der Waals surface area contributed by atoms with Gasteiger partial charge in [-0.25, -0.2) is 13.2 Å². The third kappa shape index (κ3) is 3.85. The molecule has 21 heavy (non-hydrogen) atoms. The molecule has 114 valence electrons. The van der Waals surface area contributed by atoms with Crippen molar-refractivity contribution in [3.05, 3.63) is 28.9 Å². The van der Waals surface area contributed by atoms with Crippen molar-refractivity contribution in [3.8, 4) is 0 Å². The predicted octanol–water partition coefficient (Wildman–Crippen LogP) is 2.63. The molecular weight excluding hydrogens is 305 g/mol. The van der Waals surface area contributed by atoms with Gasteiger partial charge in [-0.05, 0) is 18.2 Å². The molecule has 1 aromatic carbocycles. The summed E-state index contributed by atoms with van der Waals surface area (Å²) in [7, 11) is 0. The molecule has 8 heteroatoms. The number of nitrogens with two attached hydrogens (primary N) is 1. The van der Waals surface area contributed by atoms with E-state index in [0.717, 1.165) is 11.3 Å². The predicted molar refractivity (Wildman–Crippen MR) is 75.4 cm³/mol. The number of anilines is 1. The first-order valence-corrected chi connectivity index (χ1v) is 6.92. The van der Waals surface area contributed by atoms with Crippen LogP contribution in [0.2, 0.25) is 0 Å². The number of halogens is 3. The van der Waals surface area contributed by atoms with Crippen LogP contribution >= 0.6 is 11.3 Å². The number of hydrogen-bond acceptors (Lipinski definition) is 4. The van der Waals surface area contributed by atoms with Gasteiger partial charge in [-0.15, -0.1) is 11.3 Å². The number of rotatable bonds is 6. The van der Waals surface area contributed by atoms with Crippen molar-refractivity contribution in [3.63, 3.8) is 0 Å². The van der Waals surface area contributed by atoms with Gasteiger partial charge in [0.1, 0.15) is 17.3 Å². The summed E-state index contributed by atoms with van der Waals surface area (Å²) >= 11 is 1.14. The average Bonchev–Trinajstić information content (AvgIpc) is 2.75. The topological polar surface area (TPSA) is 64.4 Å². The summed E-state index contributed by atoms with van der Waals surface area (Å²) in [6, 6.07) is 4.11. The number of thiophene rings is 1. The zero-order valence-electron chi connectivity index (χ0n) is 10.9. The summed E-state index contributed by atoms with van der Waals surface area (Å²) in [5, 5.41) is 3.00. The second kappa shape index (κ2) is 6.77. The molecule has 0 saturated carbocycles. The van der Waals surface area contributed by atoms with Crippen LogP contribution in [0, 0.1) is 5.82 Å². The number of nitrogens with one attached hydrogen (secondary N) is 1. The molecule has 0 aliphatic heterocycles. The van der Waals surface area contributed by atoms with Crippen molar-refractivity contribution in [1.82, 2.24) is 5.32 Å². The molecule has 1 heterocycles. The number of hydrogen-bond donors (Lipinski definition) is 2. The summed E-state index contributed by atoms with van der Waals surface area (Å²) in [4.78, 5) is 12.2. The molecule has 0 aliphatic carbocycles. The molecule has 0 bridgehead atoms. The zero-order valence-corrected chi connectivity index (χ0v) is 11.7. The van der Waals surface area contributed by atoms with Crippen molar-refractivity contribution in [2.75, 3.05) is 25.5 Å². The van der Waals surface area contributed by atoms with Crippen molar-refractivity contribution in [2.45, 2.75) is 6.43 Å². The second-order valence-electron chi connectivity index (χ2n) is 4.21. The lowest BCUT2D eigenvalue weighted by Gasteiger charge is -2.05. The number of alkyl halides is 2. The number of amides is 1. The average molecular weight is 318 g/mol. The van der Waals surface area contributed by atoms with Gasteiger partial charge in [-0.3, -0.25) is 4.79 Å². The molecule has 2 rings (SSSR count). The SMILES string of the molecule is Nc1c(C(=O)NCCOCC(F)F)sc2ccc(F)cc12. The smallest absolute Gasteiger partial charge is 0.263 e. The molecule has 1 aromatic heterocycles. The van der Waals surface area contributed by atoms with E-state index in [1.54, 1.807) is 6.07 Å². The van der Waals surface area contributed by atoms with Crippen molar-refractivity contribution >= 4 is 33.0 Å². The molecular formula is C13H13F3N2O2S. The standard InChI is InChI=1S/C13H13F3N2O2S/c14-7-1-2-9-8(5-7)11(17)12(21-9)13(19)18-3-4-20-6-10(15)16/h1-2,5,10H,3-4,6,17H2,(H,18,19). The number of ether oxygens (including phenoxy) is 1. The summed E-state index contributed by atoms with van der Waals surface area (Å²) in [6.07, 6.45) is -2.53. The zero-order chi connectivity index (χ0) is 15.4. The molecule has 0 unspecified atom stereocenters. The first-order chi connectivity index (χ1) is 9.99. The van der Waals surface area contributed by atoms with Crippen LogP contribution in [0.25, 0.3) is 10.1 Å². The van der Waals surface area contributed by atoms with E-state index in [9.17, 15) is 18.0 Å². The second-order valence-corrected chi connectivity index (χ2v) is 5.26. The van der Waals surface area contributed by atoms with E-state index in [0.29, 0.717) is 10.1 Å². The minimum Gasteiger partial charge on any atom is -0.397 e. The molecule has 0 saturated heterocycles. The normalized spacial score (nSPS) is 11.2. The maximum absolute atomic E-state index is 13.2. The third-order valence-electron chi connectivity index (χ3n) is 2.67. The van der Waals surface area contributed by atoms with Gasteiger partial charge in [0.2, 0.25) is 0 Å². The number of fused-ring (bicyclic) bond motifs is 1. The van der Waals surface area contributed by atoms with Gasteiger partial charge >= 0.3 is 0 Å². The summed E-state index contributed by atoms with van der Waals surface area (Å²) in [5.74, 6) is -0.867. The Bertz CT molecular complexity index is 646. The lowest BCUT2D eigenvalue weighted by atomic mass is 10.2. The van der Waals surface area contributed by atoms with Crippen LogP contribution in [0.4, 0.5) is 18.9 Å². The summed E-state index contributed by atoms with van der Waals surface area (Å²) in [5.41, 5.74) is 6.04. The number of carbonyl (C=O) groups is 1. The number of carbonyl (C=O) groups excluding carboxylic acids is 1.